The molecule has 132 valence electrons. The van der Waals surface area contributed by atoms with Crippen LogP contribution in [0.3, 0.4) is 0 Å². The molecule has 6 aromatic rings. The summed E-state index contributed by atoms with van der Waals surface area (Å²) >= 11 is 0. The summed E-state index contributed by atoms with van der Waals surface area (Å²) in [5, 5.41) is 16.3. The van der Waals surface area contributed by atoms with Gasteiger partial charge in [-0.2, -0.15) is 0 Å². The predicted molar refractivity (Wildman–Crippen MR) is 114 cm³/mol. The standard InChI is InChI=1S/C25H16N2O/c28-25-19-11-5-9-17-15-7-1-3-12-20(15)26(23(17)19)22-14-6-10-18-16-8-2-4-13-21(16)27(25)24(18)22/h1-14,25,28H. The lowest BCUT2D eigenvalue weighted by atomic mass is 10.1. The summed E-state index contributed by atoms with van der Waals surface area (Å²) in [7, 11) is 0. The topological polar surface area (TPSA) is 30.1 Å². The van der Waals surface area contributed by atoms with Crippen LogP contribution in [-0.4, -0.2) is 14.2 Å². The Balaban J connectivity index is 1.85. The quantitative estimate of drug-likeness (QED) is 0.368. The van der Waals surface area contributed by atoms with Crippen LogP contribution in [0.2, 0.25) is 0 Å². The molecule has 3 nitrogen and oxygen atoms in total. The highest BCUT2D eigenvalue weighted by atomic mass is 16.3. The summed E-state index contributed by atoms with van der Waals surface area (Å²) in [5.74, 6) is 0. The van der Waals surface area contributed by atoms with Gasteiger partial charge in [0.2, 0.25) is 0 Å². The molecule has 0 amide bonds. The molecule has 0 saturated heterocycles. The molecule has 0 spiro atoms. The van der Waals surface area contributed by atoms with Gasteiger partial charge in [-0.15, -0.1) is 0 Å². The van der Waals surface area contributed by atoms with Gasteiger partial charge in [-0.3, -0.25) is 0 Å². The zero-order valence-electron chi connectivity index (χ0n) is 15.0. The molecule has 1 aliphatic rings. The number of hydrogen-bond acceptors (Lipinski definition) is 1. The molecule has 28 heavy (non-hydrogen) atoms. The van der Waals surface area contributed by atoms with E-state index in [-0.39, 0.29) is 0 Å². The van der Waals surface area contributed by atoms with E-state index in [1.807, 2.05) is 6.07 Å². The van der Waals surface area contributed by atoms with E-state index in [2.05, 4.69) is 88.0 Å². The fourth-order valence-corrected chi connectivity index (χ4v) is 5.11. The fraction of sp³-hybridized carbons (Fsp3) is 0.0400. The number of fused-ring (bicyclic) bond motifs is 7. The maximum atomic E-state index is 11.6. The van der Waals surface area contributed by atoms with E-state index >= 15 is 0 Å². The number of hydrogen-bond donors (Lipinski definition) is 1. The molecule has 0 aliphatic carbocycles. The van der Waals surface area contributed by atoms with Gasteiger partial charge in [0.15, 0.2) is 6.23 Å². The van der Waals surface area contributed by atoms with Crippen molar-refractivity contribution in [3.05, 3.63) is 90.5 Å². The summed E-state index contributed by atoms with van der Waals surface area (Å²) in [6, 6.07) is 29.5. The van der Waals surface area contributed by atoms with Crippen molar-refractivity contribution in [1.29, 1.82) is 0 Å². The van der Waals surface area contributed by atoms with Crippen molar-refractivity contribution in [2.75, 3.05) is 0 Å². The van der Waals surface area contributed by atoms with Crippen molar-refractivity contribution < 1.29 is 5.11 Å². The SMILES string of the molecule is OC1c2cccc3c4ccccc4n(c23)-c2cccc3c4ccccc4n1c23. The Bertz CT molecular complexity index is 1590. The lowest BCUT2D eigenvalue weighted by Gasteiger charge is -2.15. The van der Waals surface area contributed by atoms with E-state index < -0.39 is 6.23 Å². The monoisotopic (exact) mass is 360 g/mol. The zero-order valence-corrected chi connectivity index (χ0v) is 15.0. The van der Waals surface area contributed by atoms with Crippen LogP contribution in [0.15, 0.2) is 84.9 Å². The number of para-hydroxylation sites is 4. The molecule has 2 aromatic heterocycles. The van der Waals surface area contributed by atoms with Gasteiger partial charge < -0.3 is 14.2 Å². The molecule has 4 aromatic carbocycles. The zero-order chi connectivity index (χ0) is 18.4. The van der Waals surface area contributed by atoms with Gasteiger partial charge in [-0.25, -0.2) is 0 Å². The van der Waals surface area contributed by atoms with Crippen LogP contribution in [0.4, 0.5) is 0 Å². The van der Waals surface area contributed by atoms with E-state index in [4.69, 9.17) is 0 Å². The molecular formula is C25H16N2O. The maximum absolute atomic E-state index is 11.6. The van der Waals surface area contributed by atoms with Gasteiger partial charge in [0, 0.05) is 27.1 Å². The second-order valence-corrected chi connectivity index (χ2v) is 7.53. The van der Waals surface area contributed by atoms with Crippen molar-refractivity contribution in [2.45, 2.75) is 6.23 Å². The van der Waals surface area contributed by atoms with Crippen LogP contribution in [0.5, 0.6) is 0 Å². The Kier molecular flexibility index (Phi) is 2.50. The van der Waals surface area contributed by atoms with Gasteiger partial charge in [0.05, 0.1) is 27.8 Å². The summed E-state index contributed by atoms with van der Waals surface area (Å²) in [6.07, 6.45) is -0.738. The third-order valence-electron chi connectivity index (χ3n) is 6.20. The van der Waals surface area contributed by atoms with Crippen LogP contribution in [-0.2, 0) is 0 Å². The summed E-state index contributed by atoms with van der Waals surface area (Å²) in [6.45, 7) is 0. The summed E-state index contributed by atoms with van der Waals surface area (Å²) in [4.78, 5) is 0. The lowest BCUT2D eigenvalue weighted by molar-refractivity contribution is 0.157. The average molecular weight is 360 g/mol. The third kappa shape index (κ3) is 1.52. The number of nitrogens with zero attached hydrogens (tertiary/aromatic N) is 2. The molecule has 7 rings (SSSR count). The molecule has 0 radical (unpaired) electrons. The van der Waals surface area contributed by atoms with Gasteiger partial charge in [-0.1, -0.05) is 66.7 Å². The number of aliphatic hydroxyl groups excluding tert-OH is 1. The van der Waals surface area contributed by atoms with E-state index in [0.717, 1.165) is 27.8 Å². The van der Waals surface area contributed by atoms with E-state index in [1.54, 1.807) is 0 Å². The molecule has 0 bridgehead atoms. The second kappa shape index (κ2) is 4.83. The third-order valence-corrected chi connectivity index (χ3v) is 6.20. The van der Waals surface area contributed by atoms with Crippen molar-refractivity contribution >= 4 is 43.6 Å². The summed E-state index contributed by atoms with van der Waals surface area (Å²) in [5.41, 5.74) is 6.45. The Morgan fingerprint density at radius 2 is 1.18 bits per heavy atom. The molecule has 3 heteroatoms. The Hall–Kier alpha value is -3.56. The number of rotatable bonds is 0. The molecule has 1 unspecified atom stereocenters. The molecule has 0 saturated carbocycles. The van der Waals surface area contributed by atoms with Crippen LogP contribution in [0.25, 0.3) is 49.3 Å². The van der Waals surface area contributed by atoms with Crippen LogP contribution >= 0.6 is 0 Å². The highest BCUT2D eigenvalue weighted by Gasteiger charge is 2.28. The first kappa shape index (κ1) is 14.5. The summed E-state index contributed by atoms with van der Waals surface area (Å²) < 4.78 is 4.42. The smallest absolute Gasteiger partial charge is 0.159 e. The highest BCUT2D eigenvalue weighted by Crippen LogP contribution is 2.44. The van der Waals surface area contributed by atoms with Gasteiger partial charge in [-0.05, 0) is 18.2 Å². The minimum atomic E-state index is -0.738. The Morgan fingerprint density at radius 3 is 2.00 bits per heavy atom. The predicted octanol–water partition coefficient (Wildman–Crippen LogP) is 5.74. The van der Waals surface area contributed by atoms with E-state index in [9.17, 15) is 5.11 Å². The molecular weight excluding hydrogens is 344 g/mol. The Morgan fingerprint density at radius 1 is 0.571 bits per heavy atom. The van der Waals surface area contributed by atoms with Crippen molar-refractivity contribution in [2.24, 2.45) is 0 Å². The van der Waals surface area contributed by atoms with Crippen molar-refractivity contribution in [1.82, 2.24) is 9.13 Å². The molecule has 1 N–H and O–H groups in total. The number of aromatic nitrogens is 2. The Labute approximate surface area is 160 Å². The normalized spacial score (nSPS) is 15.7. The second-order valence-electron chi connectivity index (χ2n) is 7.53. The van der Waals surface area contributed by atoms with E-state index in [1.165, 1.54) is 27.1 Å². The van der Waals surface area contributed by atoms with Crippen LogP contribution < -0.4 is 0 Å². The first-order chi connectivity index (χ1) is 13.8. The van der Waals surface area contributed by atoms with Crippen LogP contribution in [0.1, 0.15) is 11.8 Å². The van der Waals surface area contributed by atoms with Gasteiger partial charge >= 0.3 is 0 Å². The fourth-order valence-electron chi connectivity index (χ4n) is 5.11. The first-order valence-electron chi connectivity index (χ1n) is 9.57. The first-order valence-corrected chi connectivity index (χ1v) is 9.57. The molecule has 1 aliphatic heterocycles. The lowest BCUT2D eigenvalue weighted by Crippen LogP contribution is -2.08. The number of aliphatic hydroxyl groups is 1. The average Bonchev–Trinajstić information content (AvgIpc) is 3.23. The molecule has 0 fully saturated rings. The molecule has 1 atom stereocenters. The van der Waals surface area contributed by atoms with Crippen molar-refractivity contribution in [3.8, 4) is 5.69 Å². The van der Waals surface area contributed by atoms with Crippen molar-refractivity contribution in [3.63, 3.8) is 0 Å². The maximum Gasteiger partial charge on any atom is 0.159 e. The van der Waals surface area contributed by atoms with E-state index in [0.29, 0.717) is 0 Å². The number of benzene rings is 4. The van der Waals surface area contributed by atoms with Crippen LogP contribution in [0, 0.1) is 0 Å². The minimum Gasteiger partial charge on any atom is -0.369 e. The largest absolute Gasteiger partial charge is 0.369 e. The van der Waals surface area contributed by atoms with Gasteiger partial charge in [0.1, 0.15) is 0 Å². The highest BCUT2D eigenvalue weighted by molar-refractivity contribution is 6.15. The van der Waals surface area contributed by atoms with Gasteiger partial charge in [0.25, 0.3) is 0 Å². The minimum absolute atomic E-state index is 0.738. The molecule has 3 heterocycles.